The SMILES string of the molecule is CC(C)(C)C1CCSC(Nc2cc(Cl)ccc2Br)=N1. The van der Waals surface area contributed by atoms with Crippen molar-refractivity contribution in [2.24, 2.45) is 10.4 Å². The van der Waals surface area contributed by atoms with Crippen LogP contribution in [-0.4, -0.2) is 17.0 Å². The second kappa shape index (κ2) is 6.06. The highest BCUT2D eigenvalue weighted by Gasteiger charge is 2.27. The third kappa shape index (κ3) is 4.14. The second-order valence-electron chi connectivity index (χ2n) is 5.70. The van der Waals surface area contributed by atoms with E-state index in [9.17, 15) is 0 Å². The Hall–Kier alpha value is -0.190. The summed E-state index contributed by atoms with van der Waals surface area (Å²) in [7, 11) is 0. The highest BCUT2D eigenvalue weighted by Crippen LogP contribution is 2.32. The third-order valence-electron chi connectivity index (χ3n) is 3.07. The molecular weight excluding hydrogens is 344 g/mol. The monoisotopic (exact) mass is 360 g/mol. The van der Waals surface area contributed by atoms with Crippen molar-refractivity contribution < 1.29 is 0 Å². The maximum Gasteiger partial charge on any atom is 0.161 e. The molecule has 0 aromatic heterocycles. The van der Waals surface area contributed by atoms with Gasteiger partial charge in [-0.25, -0.2) is 0 Å². The average Bonchev–Trinajstić information content (AvgIpc) is 2.33. The van der Waals surface area contributed by atoms with Gasteiger partial charge >= 0.3 is 0 Å². The van der Waals surface area contributed by atoms with Crippen LogP contribution in [0.3, 0.4) is 0 Å². The quantitative estimate of drug-likeness (QED) is 0.722. The van der Waals surface area contributed by atoms with E-state index < -0.39 is 0 Å². The number of nitrogens with zero attached hydrogens (tertiary/aromatic N) is 1. The summed E-state index contributed by atoms with van der Waals surface area (Å²) in [6.45, 7) is 6.72. The predicted octanol–water partition coefficient (Wildman–Crippen LogP) is 5.42. The van der Waals surface area contributed by atoms with Crippen molar-refractivity contribution in [3.05, 3.63) is 27.7 Å². The van der Waals surface area contributed by atoms with Crippen molar-refractivity contribution in [3.63, 3.8) is 0 Å². The summed E-state index contributed by atoms with van der Waals surface area (Å²) in [6.07, 6.45) is 1.13. The average molecular weight is 362 g/mol. The predicted molar refractivity (Wildman–Crippen MR) is 90.5 cm³/mol. The van der Waals surface area contributed by atoms with Gasteiger partial charge in [0, 0.05) is 15.2 Å². The standard InChI is InChI=1S/C14H18BrClN2S/c1-14(2,3)12-6-7-19-13(18-12)17-11-8-9(16)4-5-10(11)15/h4-5,8,12H,6-7H2,1-3H3,(H,17,18). The number of nitrogens with one attached hydrogen (secondary N) is 1. The van der Waals surface area contributed by atoms with E-state index in [1.165, 1.54) is 0 Å². The van der Waals surface area contributed by atoms with Crippen LogP contribution >= 0.6 is 39.3 Å². The summed E-state index contributed by atoms with van der Waals surface area (Å²) in [6, 6.07) is 6.09. The molecule has 0 amide bonds. The first-order chi connectivity index (χ1) is 8.86. The molecule has 2 rings (SSSR count). The molecule has 5 heteroatoms. The van der Waals surface area contributed by atoms with Gasteiger partial charge in [0.25, 0.3) is 0 Å². The zero-order valence-electron chi connectivity index (χ0n) is 11.3. The van der Waals surface area contributed by atoms with E-state index in [0.717, 1.165) is 32.5 Å². The molecule has 0 bridgehead atoms. The van der Waals surface area contributed by atoms with Crippen LogP contribution in [0.2, 0.25) is 5.02 Å². The zero-order chi connectivity index (χ0) is 14.0. The molecule has 19 heavy (non-hydrogen) atoms. The van der Waals surface area contributed by atoms with Gasteiger partial charge in [-0.1, -0.05) is 44.1 Å². The summed E-state index contributed by atoms with van der Waals surface area (Å²) in [5.41, 5.74) is 1.17. The summed E-state index contributed by atoms with van der Waals surface area (Å²) >= 11 is 11.3. The lowest BCUT2D eigenvalue weighted by Gasteiger charge is -2.31. The molecule has 1 aromatic carbocycles. The number of thioether (sulfide) groups is 1. The van der Waals surface area contributed by atoms with E-state index in [1.807, 2.05) is 18.2 Å². The lowest BCUT2D eigenvalue weighted by atomic mass is 9.85. The Balaban J connectivity index is 2.18. The van der Waals surface area contributed by atoms with Crippen LogP contribution in [0.25, 0.3) is 0 Å². The number of benzene rings is 1. The first-order valence-corrected chi connectivity index (χ1v) is 8.44. The minimum absolute atomic E-state index is 0.208. The van der Waals surface area contributed by atoms with Crippen LogP contribution in [0, 0.1) is 5.41 Å². The normalized spacial score (nSPS) is 20.1. The molecule has 0 spiro atoms. The maximum absolute atomic E-state index is 6.03. The first kappa shape index (κ1) is 15.2. The largest absolute Gasteiger partial charge is 0.334 e. The molecule has 0 fully saturated rings. The summed E-state index contributed by atoms with van der Waals surface area (Å²) in [5, 5.41) is 5.08. The fraction of sp³-hybridized carbons (Fsp3) is 0.500. The minimum atomic E-state index is 0.208. The summed E-state index contributed by atoms with van der Waals surface area (Å²) < 4.78 is 0.998. The van der Waals surface area contributed by atoms with Gasteiger partial charge in [0.05, 0.1) is 11.7 Å². The van der Waals surface area contributed by atoms with Gasteiger partial charge in [0.15, 0.2) is 5.17 Å². The zero-order valence-corrected chi connectivity index (χ0v) is 14.5. The van der Waals surface area contributed by atoms with E-state index in [1.54, 1.807) is 11.8 Å². The van der Waals surface area contributed by atoms with Gasteiger partial charge in [-0.2, -0.15) is 0 Å². The van der Waals surface area contributed by atoms with E-state index >= 15 is 0 Å². The Morgan fingerprint density at radius 3 is 2.84 bits per heavy atom. The Labute approximate surface area is 132 Å². The van der Waals surface area contributed by atoms with Gasteiger partial charge in [0.2, 0.25) is 0 Å². The van der Waals surface area contributed by atoms with Crippen LogP contribution < -0.4 is 5.32 Å². The van der Waals surface area contributed by atoms with Gasteiger partial charge in [-0.3, -0.25) is 4.99 Å². The molecule has 1 atom stereocenters. The van der Waals surface area contributed by atoms with Crippen molar-refractivity contribution in [1.82, 2.24) is 0 Å². The molecule has 2 nitrogen and oxygen atoms in total. The molecule has 1 aliphatic heterocycles. The molecule has 1 heterocycles. The molecule has 104 valence electrons. The van der Waals surface area contributed by atoms with E-state index in [-0.39, 0.29) is 5.41 Å². The van der Waals surface area contributed by atoms with Crippen molar-refractivity contribution in [1.29, 1.82) is 0 Å². The Kier molecular flexibility index (Phi) is 4.85. The van der Waals surface area contributed by atoms with Crippen LogP contribution in [0.1, 0.15) is 27.2 Å². The van der Waals surface area contributed by atoms with Crippen molar-refractivity contribution >= 4 is 50.1 Å². The Morgan fingerprint density at radius 2 is 2.16 bits per heavy atom. The van der Waals surface area contributed by atoms with Gasteiger partial charge in [-0.15, -0.1) is 0 Å². The van der Waals surface area contributed by atoms with Gasteiger partial charge in [-0.05, 0) is 46.0 Å². The highest BCUT2D eigenvalue weighted by atomic mass is 79.9. The minimum Gasteiger partial charge on any atom is -0.334 e. The fourth-order valence-corrected chi connectivity index (χ4v) is 3.35. The second-order valence-corrected chi connectivity index (χ2v) is 8.08. The number of hydrogen-bond donors (Lipinski definition) is 1. The van der Waals surface area contributed by atoms with Crippen molar-refractivity contribution in [2.75, 3.05) is 11.1 Å². The molecule has 1 unspecified atom stereocenters. The maximum atomic E-state index is 6.03. The molecule has 0 aliphatic carbocycles. The molecule has 0 saturated heterocycles. The number of halogens is 2. The van der Waals surface area contributed by atoms with Crippen LogP contribution in [0.15, 0.2) is 27.7 Å². The molecule has 1 N–H and O–H groups in total. The number of hydrogen-bond acceptors (Lipinski definition) is 3. The smallest absolute Gasteiger partial charge is 0.161 e. The van der Waals surface area contributed by atoms with Crippen molar-refractivity contribution in [3.8, 4) is 0 Å². The van der Waals surface area contributed by atoms with E-state index in [4.69, 9.17) is 16.6 Å². The van der Waals surface area contributed by atoms with Crippen molar-refractivity contribution in [2.45, 2.75) is 33.2 Å². The lowest BCUT2D eigenvalue weighted by Crippen LogP contribution is -2.30. The highest BCUT2D eigenvalue weighted by molar-refractivity contribution is 9.10. The summed E-state index contributed by atoms with van der Waals surface area (Å²) in [4.78, 5) is 4.82. The first-order valence-electron chi connectivity index (χ1n) is 6.29. The Bertz CT molecular complexity index is 497. The van der Waals surface area contributed by atoms with E-state index in [0.29, 0.717) is 6.04 Å². The molecule has 1 aromatic rings. The third-order valence-corrected chi connectivity index (χ3v) is 4.92. The fourth-order valence-electron chi connectivity index (χ4n) is 1.91. The molecule has 1 aliphatic rings. The molecular formula is C14H18BrClN2S. The topological polar surface area (TPSA) is 24.4 Å². The summed E-state index contributed by atoms with van der Waals surface area (Å²) in [5.74, 6) is 1.10. The molecule has 0 saturated carbocycles. The van der Waals surface area contributed by atoms with Gasteiger partial charge in [0.1, 0.15) is 0 Å². The van der Waals surface area contributed by atoms with Crippen LogP contribution in [0.4, 0.5) is 5.69 Å². The van der Waals surface area contributed by atoms with Crippen LogP contribution in [0.5, 0.6) is 0 Å². The number of aliphatic imine (C=N–C) groups is 1. The number of anilines is 1. The van der Waals surface area contributed by atoms with Gasteiger partial charge < -0.3 is 5.32 Å². The van der Waals surface area contributed by atoms with Crippen LogP contribution in [-0.2, 0) is 0 Å². The number of rotatable bonds is 1. The lowest BCUT2D eigenvalue weighted by molar-refractivity contribution is 0.316. The van der Waals surface area contributed by atoms with E-state index in [2.05, 4.69) is 42.0 Å². The molecule has 0 radical (unpaired) electrons. The number of amidine groups is 1. The Morgan fingerprint density at radius 1 is 1.42 bits per heavy atom.